The van der Waals surface area contributed by atoms with E-state index in [1.165, 1.54) is 0 Å². The number of Topliss-reactive ketones (excluding diaryl/α,β-unsaturated/α-hetero) is 1. The summed E-state index contributed by atoms with van der Waals surface area (Å²) in [6, 6.07) is 3.94. The Kier molecular flexibility index (Phi) is 5.43. The molecule has 0 saturated carbocycles. The van der Waals surface area contributed by atoms with E-state index in [2.05, 4.69) is 9.24 Å². The van der Waals surface area contributed by atoms with Gasteiger partial charge in [0.2, 0.25) is 0 Å². The van der Waals surface area contributed by atoms with Crippen LogP contribution in [0.1, 0.15) is 34.0 Å². The molecule has 0 amide bonds. The number of carbonyl (C=O) groups is 1. The molecule has 0 radical (unpaired) electrons. The number of halogens is 1. The number of aryl methyl sites for hydroxylation is 3. The van der Waals surface area contributed by atoms with Crippen LogP contribution in [0, 0.1) is 20.8 Å². The summed E-state index contributed by atoms with van der Waals surface area (Å²) in [7, 11) is 2.34. The molecule has 0 bridgehead atoms. The first-order chi connectivity index (χ1) is 8.36. The molecule has 0 heterocycles. The highest BCUT2D eigenvalue weighted by molar-refractivity contribution is 7.19. The third-order valence-electron chi connectivity index (χ3n) is 2.78. The normalized spacial score (nSPS) is 14.3. The number of ether oxygens (including phenoxy) is 1. The number of carbonyl (C=O) groups excluding carboxylic acids is 1. The summed E-state index contributed by atoms with van der Waals surface area (Å²) in [6.07, 6.45) is -0.567. The minimum atomic E-state index is -0.698. The van der Waals surface area contributed by atoms with Gasteiger partial charge in [0, 0.05) is 5.56 Å². The third kappa shape index (κ3) is 3.60. The Bertz CT molecular complexity index is 422. The molecule has 0 aliphatic heterocycles. The van der Waals surface area contributed by atoms with E-state index >= 15 is 0 Å². The number of alkyl halides is 1. The lowest BCUT2D eigenvalue weighted by atomic mass is 9.97. The van der Waals surface area contributed by atoms with Crippen LogP contribution in [0.5, 0.6) is 0 Å². The Balaban J connectivity index is 2.97. The van der Waals surface area contributed by atoms with Gasteiger partial charge in [-0.2, -0.15) is 0 Å². The molecule has 0 aliphatic rings. The fourth-order valence-corrected chi connectivity index (χ4v) is 2.49. The molecule has 1 aromatic carbocycles. The summed E-state index contributed by atoms with van der Waals surface area (Å²) in [5, 5.41) is 0. The van der Waals surface area contributed by atoms with Gasteiger partial charge in [-0.05, 0) is 38.8 Å². The van der Waals surface area contributed by atoms with Crippen LogP contribution in [0.25, 0.3) is 0 Å². The number of hydrogen-bond donors (Lipinski definition) is 0. The van der Waals surface area contributed by atoms with E-state index in [-0.39, 0.29) is 5.78 Å². The fourth-order valence-electron chi connectivity index (χ4n) is 2.06. The van der Waals surface area contributed by atoms with Crippen molar-refractivity contribution >= 4 is 15.0 Å². The van der Waals surface area contributed by atoms with Crippen LogP contribution in [0.4, 0.5) is 4.39 Å². The van der Waals surface area contributed by atoms with Gasteiger partial charge < -0.3 is 4.74 Å². The maximum atomic E-state index is 12.4. The molecule has 3 atom stereocenters. The molecule has 4 heteroatoms. The van der Waals surface area contributed by atoms with Crippen molar-refractivity contribution < 1.29 is 13.9 Å². The van der Waals surface area contributed by atoms with Gasteiger partial charge in [0.25, 0.3) is 0 Å². The molecular formula is C14H20FO2P. The summed E-state index contributed by atoms with van der Waals surface area (Å²) in [5.41, 5.74) is 3.66. The minimum Gasteiger partial charge on any atom is -0.360 e. The smallest absolute Gasteiger partial charge is 0.195 e. The lowest BCUT2D eigenvalue weighted by Crippen LogP contribution is -2.25. The number of rotatable bonds is 5. The van der Waals surface area contributed by atoms with Gasteiger partial charge in [-0.3, -0.25) is 4.79 Å². The lowest BCUT2D eigenvalue weighted by Gasteiger charge is -2.18. The maximum Gasteiger partial charge on any atom is 0.195 e. The summed E-state index contributed by atoms with van der Waals surface area (Å²) in [4.78, 5) is 12.3. The Morgan fingerprint density at radius 2 is 1.83 bits per heavy atom. The second-order valence-electron chi connectivity index (χ2n) is 4.66. The van der Waals surface area contributed by atoms with Crippen LogP contribution < -0.4 is 0 Å². The predicted molar refractivity (Wildman–Crippen MR) is 75.0 cm³/mol. The molecular weight excluding hydrogens is 250 g/mol. The van der Waals surface area contributed by atoms with E-state index in [9.17, 15) is 9.18 Å². The number of benzene rings is 1. The second kappa shape index (κ2) is 6.40. The average Bonchev–Trinajstić information content (AvgIpc) is 2.27. The molecule has 18 heavy (non-hydrogen) atoms. The van der Waals surface area contributed by atoms with Gasteiger partial charge in [-0.25, -0.2) is 4.39 Å². The molecule has 0 aliphatic carbocycles. The largest absolute Gasteiger partial charge is 0.360 e. The van der Waals surface area contributed by atoms with Crippen molar-refractivity contribution in [3.8, 4) is 0 Å². The quantitative estimate of drug-likeness (QED) is 0.605. The highest BCUT2D eigenvalue weighted by Crippen LogP contribution is 2.22. The van der Waals surface area contributed by atoms with Crippen LogP contribution in [0.3, 0.4) is 0 Å². The number of ketones is 1. The highest BCUT2D eigenvalue weighted by atomic mass is 31.0. The van der Waals surface area contributed by atoms with Crippen LogP contribution in [-0.2, 0) is 4.74 Å². The molecule has 0 N–H and O–H groups in total. The Hall–Kier alpha value is -0.790. The first kappa shape index (κ1) is 15.3. The molecule has 0 aromatic heterocycles. The average molecular weight is 270 g/mol. The molecule has 0 fully saturated rings. The van der Waals surface area contributed by atoms with Crippen molar-refractivity contribution in [1.29, 1.82) is 0 Å². The molecule has 2 nitrogen and oxygen atoms in total. The van der Waals surface area contributed by atoms with Crippen LogP contribution in [0.15, 0.2) is 12.1 Å². The van der Waals surface area contributed by atoms with E-state index in [1.807, 2.05) is 32.9 Å². The van der Waals surface area contributed by atoms with Crippen molar-refractivity contribution in [1.82, 2.24) is 0 Å². The molecule has 100 valence electrons. The van der Waals surface area contributed by atoms with Gasteiger partial charge >= 0.3 is 0 Å². The third-order valence-corrected chi connectivity index (χ3v) is 3.24. The minimum absolute atomic E-state index is 0.115. The van der Waals surface area contributed by atoms with E-state index in [4.69, 9.17) is 4.74 Å². The van der Waals surface area contributed by atoms with E-state index in [0.29, 0.717) is 5.56 Å². The van der Waals surface area contributed by atoms with Gasteiger partial charge in [0.15, 0.2) is 5.78 Å². The van der Waals surface area contributed by atoms with Gasteiger partial charge in [0.1, 0.15) is 12.5 Å². The second-order valence-corrected chi connectivity index (χ2v) is 5.27. The van der Waals surface area contributed by atoms with E-state index < -0.39 is 18.6 Å². The molecule has 0 saturated heterocycles. The van der Waals surface area contributed by atoms with Crippen molar-refractivity contribution in [3.05, 3.63) is 34.4 Å². The van der Waals surface area contributed by atoms with Gasteiger partial charge in [-0.1, -0.05) is 26.9 Å². The lowest BCUT2D eigenvalue weighted by molar-refractivity contribution is 0.0288. The van der Waals surface area contributed by atoms with Gasteiger partial charge in [-0.15, -0.1) is 0 Å². The summed E-state index contributed by atoms with van der Waals surface area (Å²) in [5.74, 6) is -0.814. The van der Waals surface area contributed by atoms with Crippen LogP contribution >= 0.6 is 9.24 Å². The Labute approximate surface area is 110 Å². The molecule has 3 unspecified atom stereocenters. The number of hydrogen-bond acceptors (Lipinski definition) is 2. The zero-order valence-electron chi connectivity index (χ0n) is 11.3. The predicted octanol–water partition coefficient (Wildman–Crippen LogP) is 3.37. The summed E-state index contributed by atoms with van der Waals surface area (Å²) < 4.78 is 17.7. The van der Waals surface area contributed by atoms with Gasteiger partial charge in [0.05, 0.1) is 6.10 Å². The van der Waals surface area contributed by atoms with E-state index in [0.717, 1.165) is 16.7 Å². The SMILES string of the molecule is Cc1cc(C)c(C(=O)C(P)OC(C)CF)c(C)c1. The maximum absolute atomic E-state index is 12.4. The summed E-state index contributed by atoms with van der Waals surface area (Å²) in [6.45, 7) is 6.82. The Morgan fingerprint density at radius 3 is 2.28 bits per heavy atom. The molecule has 1 rings (SSSR count). The summed E-state index contributed by atoms with van der Waals surface area (Å²) >= 11 is 0. The fraction of sp³-hybridized carbons (Fsp3) is 0.500. The van der Waals surface area contributed by atoms with Crippen LogP contribution in [-0.4, -0.2) is 24.4 Å². The monoisotopic (exact) mass is 270 g/mol. The first-order valence-electron chi connectivity index (χ1n) is 5.96. The van der Waals surface area contributed by atoms with Crippen LogP contribution in [0.2, 0.25) is 0 Å². The standard InChI is InChI=1S/C14H20FO2P/c1-8-5-9(2)12(10(3)6-8)13(16)14(18)17-11(4)7-15/h5-6,11,14H,7,18H2,1-4H3. The van der Waals surface area contributed by atoms with Crippen molar-refractivity contribution in [3.63, 3.8) is 0 Å². The van der Waals surface area contributed by atoms with Crippen molar-refractivity contribution in [2.75, 3.05) is 6.67 Å². The highest BCUT2D eigenvalue weighted by Gasteiger charge is 2.21. The molecule has 0 spiro atoms. The Morgan fingerprint density at radius 1 is 1.33 bits per heavy atom. The van der Waals surface area contributed by atoms with Crippen molar-refractivity contribution in [2.24, 2.45) is 0 Å². The first-order valence-corrected chi connectivity index (χ1v) is 6.62. The van der Waals surface area contributed by atoms with Crippen molar-refractivity contribution in [2.45, 2.75) is 39.6 Å². The topological polar surface area (TPSA) is 26.3 Å². The van der Waals surface area contributed by atoms with E-state index in [1.54, 1.807) is 6.92 Å². The zero-order chi connectivity index (χ0) is 13.9. The molecule has 1 aromatic rings. The zero-order valence-corrected chi connectivity index (χ0v) is 12.4.